The fourth-order valence-electron chi connectivity index (χ4n) is 2.99. The third-order valence-electron chi connectivity index (χ3n) is 4.39. The lowest BCUT2D eigenvalue weighted by Crippen LogP contribution is -2.37. The largest absolute Gasteiger partial charge is 0.332 e. The van der Waals surface area contributed by atoms with Crippen LogP contribution in [0.4, 0.5) is 0 Å². The maximum Gasteiger partial charge on any atom is 0.332 e. The molecule has 1 aromatic carbocycles. The lowest BCUT2D eigenvalue weighted by Gasteiger charge is -2.14. The van der Waals surface area contributed by atoms with E-state index in [2.05, 4.69) is 29.4 Å². The molecule has 2 aromatic heterocycles. The molecule has 3 rings (SSSR count). The zero-order chi connectivity index (χ0) is 18.0. The number of fused-ring (bicyclic) bond motifs is 1. The smallest absolute Gasteiger partial charge is 0.324 e. The van der Waals surface area contributed by atoms with E-state index in [1.54, 1.807) is 13.4 Å². The van der Waals surface area contributed by atoms with Crippen LogP contribution in [0.15, 0.2) is 46.2 Å². The Morgan fingerprint density at radius 3 is 2.56 bits per heavy atom. The Bertz CT molecular complexity index is 984. The summed E-state index contributed by atoms with van der Waals surface area (Å²) < 4.78 is 4.37. The first-order valence-electron chi connectivity index (χ1n) is 8.34. The van der Waals surface area contributed by atoms with Crippen molar-refractivity contribution in [2.75, 3.05) is 6.54 Å². The fourth-order valence-corrected chi connectivity index (χ4v) is 2.99. The standard InChI is InChI=1S/C18H23N5O2/c1-13(9-19-10-14-7-5-4-6-8-14)11-23-12-20-16-15(23)17(24)22(3)18(25)21(16)2/h4-8,12-13,19H,9-11H2,1-3H3. The van der Waals surface area contributed by atoms with Crippen molar-refractivity contribution in [2.45, 2.75) is 20.0 Å². The van der Waals surface area contributed by atoms with Crippen LogP contribution in [0.3, 0.4) is 0 Å². The number of imidazole rings is 1. The van der Waals surface area contributed by atoms with Crippen molar-refractivity contribution < 1.29 is 0 Å². The van der Waals surface area contributed by atoms with Crippen molar-refractivity contribution in [2.24, 2.45) is 20.0 Å². The van der Waals surface area contributed by atoms with Gasteiger partial charge in [-0.15, -0.1) is 0 Å². The van der Waals surface area contributed by atoms with Gasteiger partial charge in [0.1, 0.15) is 0 Å². The molecule has 0 bridgehead atoms. The first-order valence-corrected chi connectivity index (χ1v) is 8.34. The van der Waals surface area contributed by atoms with E-state index in [0.29, 0.717) is 23.6 Å². The first-order chi connectivity index (χ1) is 12.0. The summed E-state index contributed by atoms with van der Waals surface area (Å²) in [4.78, 5) is 28.7. The topological polar surface area (TPSA) is 73.8 Å². The van der Waals surface area contributed by atoms with Crippen LogP contribution >= 0.6 is 0 Å². The molecule has 0 aliphatic heterocycles. The molecule has 132 valence electrons. The second kappa shape index (κ2) is 7.06. The van der Waals surface area contributed by atoms with Crippen molar-refractivity contribution in [1.82, 2.24) is 24.0 Å². The Balaban J connectivity index is 1.72. The molecule has 7 heteroatoms. The van der Waals surface area contributed by atoms with E-state index >= 15 is 0 Å². The molecule has 0 saturated heterocycles. The number of nitrogens with one attached hydrogen (secondary N) is 1. The zero-order valence-electron chi connectivity index (χ0n) is 14.8. The van der Waals surface area contributed by atoms with Crippen molar-refractivity contribution in [3.63, 3.8) is 0 Å². The van der Waals surface area contributed by atoms with Gasteiger partial charge in [0.2, 0.25) is 0 Å². The average Bonchev–Trinajstić information content (AvgIpc) is 3.02. The number of hydrogen-bond donors (Lipinski definition) is 1. The van der Waals surface area contributed by atoms with E-state index in [9.17, 15) is 9.59 Å². The van der Waals surface area contributed by atoms with Crippen LogP contribution < -0.4 is 16.6 Å². The van der Waals surface area contributed by atoms with Gasteiger partial charge in [0.05, 0.1) is 6.33 Å². The van der Waals surface area contributed by atoms with Gasteiger partial charge < -0.3 is 9.88 Å². The van der Waals surface area contributed by atoms with Gasteiger partial charge in [0.25, 0.3) is 5.56 Å². The third kappa shape index (κ3) is 3.41. The van der Waals surface area contributed by atoms with E-state index in [4.69, 9.17) is 0 Å². The molecule has 0 amide bonds. The summed E-state index contributed by atoms with van der Waals surface area (Å²) in [6.07, 6.45) is 1.64. The van der Waals surface area contributed by atoms with Crippen molar-refractivity contribution in [1.29, 1.82) is 0 Å². The van der Waals surface area contributed by atoms with E-state index in [0.717, 1.165) is 17.7 Å². The first kappa shape index (κ1) is 17.2. The van der Waals surface area contributed by atoms with Crippen molar-refractivity contribution in [3.05, 3.63) is 63.1 Å². The fraction of sp³-hybridized carbons (Fsp3) is 0.389. The Labute approximate surface area is 145 Å². The predicted molar refractivity (Wildman–Crippen MR) is 97.5 cm³/mol. The Morgan fingerprint density at radius 2 is 1.84 bits per heavy atom. The summed E-state index contributed by atoms with van der Waals surface area (Å²) in [6, 6.07) is 10.2. The normalized spacial score (nSPS) is 12.6. The average molecular weight is 341 g/mol. The summed E-state index contributed by atoms with van der Waals surface area (Å²) >= 11 is 0. The minimum Gasteiger partial charge on any atom is -0.324 e. The van der Waals surface area contributed by atoms with Crippen LogP contribution in [0.25, 0.3) is 11.2 Å². The minimum atomic E-state index is -0.361. The molecule has 0 spiro atoms. The van der Waals surface area contributed by atoms with Gasteiger partial charge in [-0.1, -0.05) is 37.3 Å². The molecule has 0 aliphatic rings. The number of aryl methyl sites for hydroxylation is 1. The molecule has 3 aromatic rings. The monoisotopic (exact) mass is 341 g/mol. The summed E-state index contributed by atoms with van der Waals surface area (Å²) in [6.45, 7) is 4.41. The summed E-state index contributed by atoms with van der Waals surface area (Å²) in [5.41, 5.74) is 1.48. The molecule has 1 unspecified atom stereocenters. The van der Waals surface area contributed by atoms with Crippen LogP contribution in [-0.2, 0) is 27.2 Å². The highest BCUT2D eigenvalue weighted by Gasteiger charge is 2.15. The molecule has 0 aliphatic carbocycles. The molecule has 1 atom stereocenters. The number of hydrogen-bond acceptors (Lipinski definition) is 4. The minimum absolute atomic E-state index is 0.306. The molecule has 0 fully saturated rings. The summed E-state index contributed by atoms with van der Waals surface area (Å²) in [7, 11) is 3.12. The molecule has 1 N–H and O–H groups in total. The van der Waals surface area contributed by atoms with Gasteiger partial charge in [-0.2, -0.15) is 0 Å². The van der Waals surface area contributed by atoms with Crippen LogP contribution in [0.1, 0.15) is 12.5 Å². The Kier molecular flexibility index (Phi) is 4.85. The second-order valence-electron chi connectivity index (χ2n) is 6.50. The number of nitrogens with zero attached hydrogens (tertiary/aromatic N) is 4. The van der Waals surface area contributed by atoms with Gasteiger partial charge in [0.15, 0.2) is 11.2 Å². The van der Waals surface area contributed by atoms with Crippen molar-refractivity contribution >= 4 is 11.2 Å². The van der Waals surface area contributed by atoms with E-state index in [-0.39, 0.29) is 11.2 Å². The van der Waals surface area contributed by atoms with Gasteiger partial charge in [-0.3, -0.25) is 13.9 Å². The molecule has 25 heavy (non-hydrogen) atoms. The quantitative estimate of drug-likeness (QED) is 0.722. The summed E-state index contributed by atoms with van der Waals surface area (Å²) in [5, 5.41) is 3.44. The lowest BCUT2D eigenvalue weighted by molar-refractivity contribution is 0.450. The number of aromatic nitrogens is 4. The lowest BCUT2D eigenvalue weighted by atomic mass is 10.1. The second-order valence-corrected chi connectivity index (χ2v) is 6.50. The van der Waals surface area contributed by atoms with Crippen LogP contribution in [0.5, 0.6) is 0 Å². The number of benzene rings is 1. The van der Waals surface area contributed by atoms with E-state index in [1.165, 1.54) is 17.2 Å². The van der Waals surface area contributed by atoms with E-state index in [1.807, 2.05) is 22.8 Å². The molecule has 2 heterocycles. The summed E-state index contributed by atoms with van der Waals surface area (Å²) in [5.74, 6) is 0.308. The van der Waals surface area contributed by atoms with Crippen LogP contribution in [0, 0.1) is 5.92 Å². The van der Waals surface area contributed by atoms with Gasteiger partial charge in [-0.25, -0.2) is 9.78 Å². The SMILES string of the molecule is CC(CNCc1ccccc1)Cn1cnc2c1c(=O)n(C)c(=O)n2C. The maximum atomic E-state index is 12.4. The third-order valence-corrected chi connectivity index (χ3v) is 4.39. The highest BCUT2D eigenvalue weighted by atomic mass is 16.2. The Morgan fingerprint density at radius 1 is 1.12 bits per heavy atom. The highest BCUT2D eigenvalue weighted by Crippen LogP contribution is 2.09. The zero-order valence-corrected chi connectivity index (χ0v) is 14.8. The van der Waals surface area contributed by atoms with Gasteiger partial charge >= 0.3 is 5.69 Å². The maximum absolute atomic E-state index is 12.4. The molecule has 0 radical (unpaired) electrons. The molecule has 0 saturated carbocycles. The predicted octanol–water partition coefficient (Wildman–Crippen LogP) is 0.860. The molecule has 7 nitrogen and oxygen atoms in total. The number of rotatable bonds is 6. The van der Waals surface area contributed by atoms with Crippen molar-refractivity contribution in [3.8, 4) is 0 Å². The van der Waals surface area contributed by atoms with E-state index < -0.39 is 0 Å². The molecular formula is C18H23N5O2. The van der Waals surface area contributed by atoms with Gasteiger partial charge in [0, 0.05) is 27.2 Å². The Hall–Kier alpha value is -2.67. The van der Waals surface area contributed by atoms with Gasteiger partial charge in [-0.05, 0) is 18.0 Å². The van der Waals surface area contributed by atoms with Crippen LogP contribution in [0.2, 0.25) is 0 Å². The highest BCUT2D eigenvalue weighted by molar-refractivity contribution is 5.69. The molecular weight excluding hydrogens is 318 g/mol. The van der Waals surface area contributed by atoms with Crippen LogP contribution in [-0.4, -0.2) is 25.2 Å².